The Labute approximate surface area is 164 Å². The van der Waals surface area contributed by atoms with Gasteiger partial charge in [-0.2, -0.15) is 0 Å². The number of ether oxygens (including phenoxy) is 2. The monoisotopic (exact) mass is 384 g/mol. The molecule has 0 radical (unpaired) electrons. The van der Waals surface area contributed by atoms with Gasteiger partial charge in [-0.25, -0.2) is 0 Å². The largest absolute Gasteiger partial charge is 0.497 e. The van der Waals surface area contributed by atoms with Gasteiger partial charge in [0.1, 0.15) is 5.75 Å². The van der Waals surface area contributed by atoms with Gasteiger partial charge in [-0.3, -0.25) is 4.79 Å². The minimum atomic E-state index is -1.68. The maximum atomic E-state index is 13.0. The summed E-state index contributed by atoms with van der Waals surface area (Å²) in [5, 5.41) is 1.35. The average molecular weight is 385 g/mol. The van der Waals surface area contributed by atoms with Gasteiger partial charge >= 0.3 is 0 Å². The van der Waals surface area contributed by atoms with Gasteiger partial charge in [-0.05, 0) is 47.4 Å². The van der Waals surface area contributed by atoms with Gasteiger partial charge in [0.25, 0.3) is 0 Å². The number of rotatable bonds is 5. The Hall–Kier alpha value is -1.65. The predicted octanol–water partition coefficient (Wildman–Crippen LogP) is 5.57. The van der Waals surface area contributed by atoms with Crippen molar-refractivity contribution in [3.05, 3.63) is 47.1 Å². The summed E-state index contributed by atoms with van der Waals surface area (Å²) in [5.41, 5.74) is 2.89. The molecule has 1 aromatic rings. The van der Waals surface area contributed by atoms with Gasteiger partial charge in [0.2, 0.25) is 0 Å². The molecular weight excluding hydrogens is 352 g/mol. The molecule has 0 bridgehead atoms. The molecule has 3 rings (SSSR count). The summed E-state index contributed by atoms with van der Waals surface area (Å²) >= 11 is 0. The fourth-order valence-electron chi connectivity index (χ4n) is 4.71. The summed E-state index contributed by atoms with van der Waals surface area (Å²) in [6, 6.07) is 8.25. The average Bonchev–Trinajstić information content (AvgIpc) is 3.03. The third kappa shape index (κ3) is 3.97. The summed E-state index contributed by atoms with van der Waals surface area (Å²) in [7, 11) is 1.78. The lowest BCUT2D eigenvalue weighted by Crippen LogP contribution is -2.38. The molecule has 3 nitrogen and oxygen atoms in total. The minimum absolute atomic E-state index is 0.243. The molecule has 27 heavy (non-hydrogen) atoms. The standard InChI is InChI=1S/C23H32O3Si/c1-25-19-11-9-10-17(14-19)22(27(3,4)5)18-15-20(21(24)16-18)23(26-2)12-7-6-8-13-23/h9-11,14-15H,6-8,12-13,16H2,1-5H3/b22-18-. The number of Topliss-reactive ketones (excluding diaryl/α,β-unsaturated/α-hetero) is 1. The molecule has 0 amide bonds. The molecule has 2 aliphatic carbocycles. The van der Waals surface area contributed by atoms with E-state index in [0.29, 0.717) is 6.42 Å². The van der Waals surface area contributed by atoms with Gasteiger partial charge in [-0.15, -0.1) is 0 Å². The van der Waals surface area contributed by atoms with Crippen LogP contribution in [-0.4, -0.2) is 33.7 Å². The highest BCUT2D eigenvalue weighted by Crippen LogP contribution is 2.44. The SMILES string of the molecule is COc1cccc(/C(=C2\C=C(C3(OC)CCCCC3)C(=O)C2)[Si](C)(C)C)c1. The van der Waals surface area contributed by atoms with E-state index in [0.717, 1.165) is 37.0 Å². The van der Waals surface area contributed by atoms with Crippen molar-refractivity contribution in [1.82, 2.24) is 0 Å². The number of benzene rings is 1. The molecular formula is C23H32O3Si. The van der Waals surface area contributed by atoms with Crippen LogP contribution in [0, 0.1) is 0 Å². The lowest BCUT2D eigenvalue weighted by atomic mass is 9.78. The molecule has 0 spiro atoms. The maximum absolute atomic E-state index is 13.0. The summed E-state index contributed by atoms with van der Waals surface area (Å²) in [4.78, 5) is 13.0. The molecule has 0 aromatic heterocycles. The summed E-state index contributed by atoms with van der Waals surface area (Å²) in [6.07, 6.45) is 8.08. The number of hydrogen-bond acceptors (Lipinski definition) is 3. The number of ketones is 1. The third-order valence-corrected chi connectivity index (χ3v) is 8.05. The van der Waals surface area contributed by atoms with Gasteiger partial charge < -0.3 is 9.47 Å². The zero-order valence-corrected chi connectivity index (χ0v) is 18.4. The summed E-state index contributed by atoms with van der Waals surface area (Å²) < 4.78 is 11.4. The summed E-state index contributed by atoms with van der Waals surface area (Å²) in [6.45, 7) is 7.04. The smallest absolute Gasteiger partial charge is 0.166 e. The van der Waals surface area contributed by atoms with Crippen LogP contribution in [0.4, 0.5) is 0 Å². The Morgan fingerprint density at radius 2 is 1.78 bits per heavy atom. The van der Waals surface area contributed by atoms with E-state index in [4.69, 9.17) is 9.47 Å². The van der Waals surface area contributed by atoms with Gasteiger partial charge in [0, 0.05) is 19.1 Å². The molecule has 1 fully saturated rings. The Kier molecular flexibility index (Phi) is 5.78. The molecule has 1 aromatic carbocycles. The molecule has 0 atom stereocenters. The van der Waals surface area contributed by atoms with E-state index < -0.39 is 8.07 Å². The van der Waals surface area contributed by atoms with E-state index in [1.54, 1.807) is 14.2 Å². The van der Waals surface area contributed by atoms with Crippen molar-refractivity contribution in [2.45, 2.75) is 63.8 Å². The zero-order valence-electron chi connectivity index (χ0n) is 17.4. The highest BCUT2D eigenvalue weighted by Gasteiger charge is 2.42. The molecule has 0 unspecified atom stereocenters. The first-order valence-corrected chi connectivity index (χ1v) is 13.5. The van der Waals surface area contributed by atoms with E-state index in [2.05, 4.69) is 37.8 Å². The molecule has 146 valence electrons. The molecule has 4 heteroatoms. The van der Waals surface area contributed by atoms with Crippen molar-refractivity contribution >= 4 is 19.1 Å². The van der Waals surface area contributed by atoms with E-state index in [-0.39, 0.29) is 11.4 Å². The van der Waals surface area contributed by atoms with Crippen LogP contribution in [0.1, 0.15) is 44.1 Å². The highest BCUT2D eigenvalue weighted by atomic mass is 28.3. The van der Waals surface area contributed by atoms with Crippen LogP contribution in [0.5, 0.6) is 5.75 Å². The Balaban J connectivity index is 2.12. The van der Waals surface area contributed by atoms with Crippen LogP contribution in [-0.2, 0) is 9.53 Å². The Morgan fingerprint density at radius 1 is 1.07 bits per heavy atom. The number of hydrogen-bond donors (Lipinski definition) is 0. The van der Waals surface area contributed by atoms with Crippen LogP contribution in [0.2, 0.25) is 19.6 Å². The fraction of sp³-hybridized carbons (Fsp3) is 0.522. The zero-order chi connectivity index (χ0) is 19.7. The number of carbonyl (C=O) groups excluding carboxylic acids is 1. The van der Waals surface area contributed by atoms with Crippen molar-refractivity contribution in [2.75, 3.05) is 14.2 Å². The predicted molar refractivity (Wildman–Crippen MR) is 114 cm³/mol. The molecule has 0 saturated heterocycles. The minimum Gasteiger partial charge on any atom is -0.497 e. The first-order valence-electron chi connectivity index (χ1n) is 9.99. The van der Waals surface area contributed by atoms with E-state index in [1.165, 1.54) is 22.8 Å². The van der Waals surface area contributed by atoms with Crippen LogP contribution < -0.4 is 4.74 Å². The molecule has 0 aliphatic heterocycles. The maximum Gasteiger partial charge on any atom is 0.166 e. The number of carbonyl (C=O) groups is 1. The normalized spacial score (nSPS) is 21.8. The van der Waals surface area contributed by atoms with Crippen molar-refractivity contribution in [1.29, 1.82) is 0 Å². The fourth-order valence-corrected chi connectivity index (χ4v) is 6.85. The number of methoxy groups -OCH3 is 2. The first kappa shape index (κ1) is 20.1. The van der Waals surface area contributed by atoms with Crippen LogP contribution >= 0.6 is 0 Å². The quantitative estimate of drug-likeness (QED) is 0.622. The first-order chi connectivity index (χ1) is 12.8. The number of allylic oxidation sites excluding steroid dienone is 2. The topological polar surface area (TPSA) is 35.5 Å². The lowest BCUT2D eigenvalue weighted by Gasteiger charge is -2.36. The second kappa shape index (κ2) is 7.76. The van der Waals surface area contributed by atoms with E-state index >= 15 is 0 Å². The van der Waals surface area contributed by atoms with Gasteiger partial charge in [0.05, 0.1) is 20.8 Å². The van der Waals surface area contributed by atoms with Crippen LogP contribution in [0.25, 0.3) is 5.20 Å². The molecule has 1 saturated carbocycles. The summed E-state index contributed by atoms with van der Waals surface area (Å²) in [5.74, 6) is 1.10. The Morgan fingerprint density at radius 3 is 2.37 bits per heavy atom. The highest BCUT2D eigenvalue weighted by molar-refractivity contribution is 6.94. The van der Waals surface area contributed by atoms with Crippen molar-refractivity contribution in [3.63, 3.8) is 0 Å². The van der Waals surface area contributed by atoms with Gasteiger partial charge in [0.15, 0.2) is 5.78 Å². The van der Waals surface area contributed by atoms with Crippen molar-refractivity contribution in [2.24, 2.45) is 0 Å². The second-order valence-electron chi connectivity index (χ2n) is 8.80. The van der Waals surface area contributed by atoms with Crippen LogP contribution in [0.15, 0.2) is 41.5 Å². The van der Waals surface area contributed by atoms with Gasteiger partial charge in [-0.1, -0.05) is 51.0 Å². The van der Waals surface area contributed by atoms with Crippen molar-refractivity contribution < 1.29 is 14.3 Å². The van der Waals surface area contributed by atoms with Crippen molar-refractivity contribution in [3.8, 4) is 5.75 Å². The molecule has 2 aliphatic rings. The van der Waals surface area contributed by atoms with Crippen LogP contribution in [0.3, 0.4) is 0 Å². The second-order valence-corrected chi connectivity index (χ2v) is 13.8. The third-order valence-electron chi connectivity index (χ3n) is 5.94. The molecule has 0 N–H and O–H groups in total. The van der Waals surface area contributed by atoms with E-state index in [9.17, 15) is 4.79 Å². The Bertz CT molecular complexity index is 777. The van der Waals surface area contributed by atoms with E-state index in [1.807, 2.05) is 12.1 Å². The molecule has 0 heterocycles. The lowest BCUT2D eigenvalue weighted by molar-refractivity contribution is -0.118.